The molecule has 0 aliphatic heterocycles. The quantitative estimate of drug-likeness (QED) is 0.216. The monoisotopic (exact) mass is 464 g/mol. The molecule has 0 saturated heterocycles. The van der Waals surface area contributed by atoms with Crippen LogP contribution in [-0.2, 0) is 11.3 Å². The van der Waals surface area contributed by atoms with Crippen LogP contribution in [0.4, 0.5) is 0 Å². The van der Waals surface area contributed by atoms with Crippen LogP contribution in [0.3, 0.4) is 0 Å². The molecular formula is C18H33IN4O2. The van der Waals surface area contributed by atoms with E-state index in [2.05, 4.69) is 34.4 Å². The zero-order chi connectivity index (χ0) is 17.0. The molecule has 25 heavy (non-hydrogen) atoms. The van der Waals surface area contributed by atoms with Gasteiger partial charge < -0.3 is 19.8 Å². The molecule has 1 aromatic rings. The molecule has 2 rings (SSSR count). The summed E-state index contributed by atoms with van der Waals surface area (Å²) in [7, 11) is 0. The Morgan fingerprint density at radius 2 is 2.20 bits per heavy atom. The maximum absolute atomic E-state index is 5.57. The molecule has 1 saturated carbocycles. The number of hydrogen-bond acceptors (Lipinski definition) is 4. The Balaban J connectivity index is 0.00000312. The Hall–Kier alpha value is -0.800. The Kier molecular flexibility index (Phi) is 11.9. The van der Waals surface area contributed by atoms with Crippen molar-refractivity contribution < 1.29 is 9.15 Å². The minimum Gasteiger partial charge on any atom is -0.467 e. The largest absolute Gasteiger partial charge is 0.467 e. The molecule has 1 fully saturated rings. The van der Waals surface area contributed by atoms with E-state index < -0.39 is 0 Å². The van der Waals surface area contributed by atoms with E-state index >= 15 is 0 Å². The van der Waals surface area contributed by atoms with E-state index in [0.717, 1.165) is 56.9 Å². The number of halogens is 1. The van der Waals surface area contributed by atoms with Crippen LogP contribution in [0.25, 0.3) is 0 Å². The molecule has 0 aromatic carbocycles. The summed E-state index contributed by atoms with van der Waals surface area (Å²) in [5.74, 6) is 1.76. The van der Waals surface area contributed by atoms with Gasteiger partial charge in [0.15, 0.2) is 5.96 Å². The zero-order valence-corrected chi connectivity index (χ0v) is 17.8. The van der Waals surface area contributed by atoms with Crippen LogP contribution in [0.15, 0.2) is 27.8 Å². The molecule has 1 aliphatic rings. The summed E-state index contributed by atoms with van der Waals surface area (Å²) in [5, 5.41) is 6.72. The lowest BCUT2D eigenvalue weighted by Crippen LogP contribution is -2.42. The fraction of sp³-hybridized carbons (Fsp3) is 0.722. The van der Waals surface area contributed by atoms with Crippen LogP contribution in [-0.4, -0.2) is 56.2 Å². The maximum Gasteiger partial charge on any atom is 0.191 e. The Morgan fingerprint density at radius 1 is 1.36 bits per heavy atom. The number of nitrogens with zero attached hydrogens (tertiary/aromatic N) is 2. The highest BCUT2D eigenvalue weighted by molar-refractivity contribution is 14.0. The van der Waals surface area contributed by atoms with Gasteiger partial charge in [0.25, 0.3) is 0 Å². The smallest absolute Gasteiger partial charge is 0.191 e. The Labute approximate surface area is 168 Å². The summed E-state index contributed by atoms with van der Waals surface area (Å²) < 4.78 is 10.8. The van der Waals surface area contributed by atoms with Crippen molar-refractivity contribution in [3.63, 3.8) is 0 Å². The van der Waals surface area contributed by atoms with Gasteiger partial charge in [0.1, 0.15) is 12.4 Å². The number of aliphatic imine (C=N–C) groups is 1. The molecule has 0 bridgehead atoms. The summed E-state index contributed by atoms with van der Waals surface area (Å²) in [5.41, 5.74) is 0. The topological polar surface area (TPSA) is 62.0 Å². The van der Waals surface area contributed by atoms with E-state index in [0.29, 0.717) is 13.2 Å². The molecule has 144 valence electrons. The maximum atomic E-state index is 5.57. The van der Waals surface area contributed by atoms with Crippen molar-refractivity contribution in [2.45, 2.75) is 45.8 Å². The van der Waals surface area contributed by atoms with Gasteiger partial charge in [0, 0.05) is 38.8 Å². The third-order valence-corrected chi connectivity index (χ3v) is 4.05. The predicted octanol–water partition coefficient (Wildman–Crippen LogP) is 2.84. The minimum atomic E-state index is 0. The first-order valence-electron chi connectivity index (χ1n) is 9.19. The van der Waals surface area contributed by atoms with Crippen LogP contribution in [0, 0.1) is 0 Å². The fourth-order valence-corrected chi connectivity index (χ4v) is 2.62. The number of likely N-dealkylation sites (N-methyl/N-ethyl adjacent to an activating group) is 1. The van der Waals surface area contributed by atoms with Gasteiger partial charge in [-0.1, -0.05) is 6.92 Å². The lowest BCUT2D eigenvalue weighted by Gasteiger charge is -2.20. The van der Waals surface area contributed by atoms with E-state index in [-0.39, 0.29) is 24.0 Å². The molecular weight excluding hydrogens is 431 g/mol. The lowest BCUT2D eigenvalue weighted by atomic mass is 10.4. The molecule has 6 nitrogen and oxygen atoms in total. The average Bonchev–Trinajstić information content (AvgIpc) is 3.30. The van der Waals surface area contributed by atoms with E-state index in [4.69, 9.17) is 9.15 Å². The van der Waals surface area contributed by atoms with Crippen molar-refractivity contribution >= 4 is 29.9 Å². The molecule has 0 unspecified atom stereocenters. The second kappa shape index (κ2) is 13.4. The molecule has 1 heterocycles. The summed E-state index contributed by atoms with van der Waals surface area (Å²) in [6.45, 7) is 10.3. The van der Waals surface area contributed by atoms with Crippen LogP contribution in [0.5, 0.6) is 0 Å². The van der Waals surface area contributed by atoms with Crippen LogP contribution in [0.2, 0.25) is 0 Å². The van der Waals surface area contributed by atoms with E-state index in [9.17, 15) is 0 Å². The van der Waals surface area contributed by atoms with Gasteiger partial charge in [-0.05, 0) is 44.9 Å². The first-order valence-corrected chi connectivity index (χ1v) is 9.19. The first kappa shape index (κ1) is 22.2. The normalized spacial score (nSPS) is 14.4. The van der Waals surface area contributed by atoms with Gasteiger partial charge in [-0.25, -0.2) is 0 Å². The van der Waals surface area contributed by atoms with Gasteiger partial charge in [0.05, 0.1) is 6.26 Å². The third kappa shape index (κ3) is 9.46. The number of ether oxygens (including phenoxy) is 1. The van der Waals surface area contributed by atoms with Crippen molar-refractivity contribution in [2.75, 3.05) is 39.3 Å². The van der Waals surface area contributed by atoms with Crippen molar-refractivity contribution in [3.05, 3.63) is 24.2 Å². The number of nitrogens with one attached hydrogen (secondary N) is 2. The molecule has 0 spiro atoms. The minimum absolute atomic E-state index is 0. The lowest BCUT2D eigenvalue weighted by molar-refractivity contribution is 0.105. The van der Waals surface area contributed by atoms with Gasteiger partial charge in [0.2, 0.25) is 0 Å². The van der Waals surface area contributed by atoms with Crippen LogP contribution >= 0.6 is 24.0 Å². The number of guanidine groups is 1. The standard InChI is InChI=1S/C18H32N4O2.HI/c1-3-19-18(21-11-12-22(4-2)16-8-9-16)20-10-6-13-23-15-17-7-5-14-24-17;/h5,7,14,16H,3-4,6,8-13,15H2,1-2H3,(H2,19,20,21);1H. The highest BCUT2D eigenvalue weighted by Crippen LogP contribution is 2.25. The van der Waals surface area contributed by atoms with E-state index in [1.165, 1.54) is 12.8 Å². The molecule has 0 atom stereocenters. The summed E-state index contributed by atoms with van der Waals surface area (Å²) in [4.78, 5) is 7.14. The Morgan fingerprint density at radius 3 is 2.84 bits per heavy atom. The van der Waals surface area contributed by atoms with Crippen LogP contribution in [0.1, 0.15) is 38.9 Å². The second-order valence-corrected chi connectivity index (χ2v) is 6.03. The summed E-state index contributed by atoms with van der Waals surface area (Å²) >= 11 is 0. The molecule has 0 radical (unpaired) electrons. The zero-order valence-electron chi connectivity index (χ0n) is 15.5. The predicted molar refractivity (Wildman–Crippen MR) is 113 cm³/mol. The van der Waals surface area contributed by atoms with Gasteiger partial charge >= 0.3 is 0 Å². The highest BCUT2D eigenvalue weighted by atomic mass is 127. The summed E-state index contributed by atoms with van der Waals surface area (Å²) in [6.07, 6.45) is 5.29. The first-order chi connectivity index (χ1) is 11.8. The molecule has 7 heteroatoms. The summed E-state index contributed by atoms with van der Waals surface area (Å²) in [6, 6.07) is 4.62. The van der Waals surface area contributed by atoms with Crippen molar-refractivity contribution in [1.82, 2.24) is 15.5 Å². The van der Waals surface area contributed by atoms with Crippen LogP contribution < -0.4 is 10.6 Å². The third-order valence-electron chi connectivity index (χ3n) is 4.05. The molecule has 1 aromatic heterocycles. The number of hydrogen-bond donors (Lipinski definition) is 2. The number of rotatable bonds is 12. The van der Waals surface area contributed by atoms with Gasteiger partial charge in [-0.3, -0.25) is 9.89 Å². The highest BCUT2D eigenvalue weighted by Gasteiger charge is 2.27. The second-order valence-electron chi connectivity index (χ2n) is 6.03. The molecule has 0 amide bonds. The molecule has 2 N–H and O–H groups in total. The van der Waals surface area contributed by atoms with Crippen molar-refractivity contribution in [1.29, 1.82) is 0 Å². The number of furan rings is 1. The van der Waals surface area contributed by atoms with Gasteiger partial charge in [-0.2, -0.15) is 0 Å². The van der Waals surface area contributed by atoms with Gasteiger partial charge in [-0.15, -0.1) is 24.0 Å². The molecule has 1 aliphatic carbocycles. The van der Waals surface area contributed by atoms with Crippen molar-refractivity contribution in [2.24, 2.45) is 4.99 Å². The average molecular weight is 464 g/mol. The van der Waals surface area contributed by atoms with E-state index in [1.54, 1.807) is 6.26 Å². The van der Waals surface area contributed by atoms with Crippen molar-refractivity contribution in [3.8, 4) is 0 Å². The van der Waals surface area contributed by atoms with E-state index in [1.807, 2.05) is 12.1 Å². The Bertz CT molecular complexity index is 464. The SMILES string of the molecule is CCNC(=NCCCOCc1ccco1)NCCN(CC)C1CC1.I. The fourth-order valence-electron chi connectivity index (χ4n) is 2.62.